The molecule has 0 radical (unpaired) electrons. The molecule has 3 rings (SSSR count). The summed E-state index contributed by atoms with van der Waals surface area (Å²) < 4.78 is 96.6. The van der Waals surface area contributed by atoms with Crippen molar-refractivity contribution in [3.8, 4) is 5.75 Å². The molecule has 0 aliphatic rings. The highest BCUT2D eigenvalue weighted by Gasteiger charge is 2.21. The summed E-state index contributed by atoms with van der Waals surface area (Å²) in [7, 11) is -11.8. The molecule has 0 amide bonds. The first-order valence-corrected chi connectivity index (χ1v) is 13.6. The molecule has 3 aromatic rings. The van der Waals surface area contributed by atoms with Gasteiger partial charge in [0.15, 0.2) is 0 Å². The van der Waals surface area contributed by atoms with Crippen molar-refractivity contribution in [2.75, 3.05) is 18.1 Å². The van der Waals surface area contributed by atoms with Crippen molar-refractivity contribution >= 4 is 58.1 Å². The van der Waals surface area contributed by atoms with Gasteiger partial charge in [-0.25, -0.2) is 8.42 Å². The maximum atomic E-state index is 11.9. The second kappa shape index (κ2) is 8.68. The first-order chi connectivity index (χ1) is 15.2. The second-order valence-electron chi connectivity index (χ2n) is 6.70. The minimum Gasteiger partial charge on any atom is -0.494 e. The molecule has 0 aliphatic heterocycles. The van der Waals surface area contributed by atoms with Gasteiger partial charge in [-0.3, -0.25) is 13.8 Å². The average Bonchev–Trinajstić information content (AvgIpc) is 2.69. The van der Waals surface area contributed by atoms with Crippen LogP contribution in [0.3, 0.4) is 0 Å². The summed E-state index contributed by atoms with van der Waals surface area (Å²) in [6, 6.07) is 9.80. The zero-order chi connectivity index (χ0) is 24.6. The van der Waals surface area contributed by atoms with Crippen LogP contribution < -0.4 is 9.46 Å². The molecule has 0 heterocycles. The Morgan fingerprint density at radius 2 is 1.42 bits per heavy atom. The number of nitrogens with zero attached hydrogens (tertiary/aromatic N) is 2. The molecule has 0 saturated heterocycles. The predicted molar refractivity (Wildman–Crippen MR) is 119 cm³/mol. The number of fused-ring (bicyclic) bond motifs is 1. The fourth-order valence-corrected chi connectivity index (χ4v) is 4.94. The molecule has 0 unspecified atom stereocenters. The summed E-state index contributed by atoms with van der Waals surface area (Å²) in [5.74, 6) is 0.127. The molecule has 12 nitrogen and oxygen atoms in total. The minimum atomic E-state index is -4.79. The Balaban J connectivity index is 2.15. The van der Waals surface area contributed by atoms with E-state index in [2.05, 4.69) is 15.0 Å². The van der Waals surface area contributed by atoms with E-state index in [1.165, 1.54) is 43.5 Å². The first-order valence-electron chi connectivity index (χ1n) is 8.78. The van der Waals surface area contributed by atoms with Gasteiger partial charge in [-0.2, -0.15) is 27.1 Å². The standard InChI is InChI=1S/C18H17N3O9S3/c1-30-16-9-11(6-7-15(16)21-31(2,22)23)19-20-12-8-14-13(18(10-12)33(27,28)29)4-3-5-17(14)32(24,25)26/h3-10,21H,1-2H3,(H,24,25,26)(H,27,28,29). The van der Waals surface area contributed by atoms with E-state index < -0.39 is 40.1 Å². The molecule has 0 saturated carbocycles. The molecule has 0 aliphatic carbocycles. The van der Waals surface area contributed by atoms with E-state index in [9.17, 15) is 34.4 Å². The van der Waals surface area contributed by atoms with Gasteiger partial charge in [-0.1, -0.05) is 12.1 Å². The van der Waals surface area contributed by atoms with Crippen molar-refractivity contribution < 1.29 is 39.1 Å². The fourth-order valence-electron chi connectivity index (χ4n) is 2.95. The van der Waals surface area contributed by atoms with Gasteiger partial charge in [0, 0.05) is 16.8 Å². The summed E-state index contributed by atoms with van der Waals surface area (Å²) in [5.41, 5.74) is 0.183. The molecule has 0 aromatic heterocycles. The van der Waals surface area contributed by atoms with Crippen molar-refractivity contribution in [2.45, 2.75) is 9.79 Å². The van der Waals surface area contributed by atoms with Crippen LogP contribution in [0.4, 0.5) is 17.1 Å². The van der Waals surface area contributed by atoms with Gasteiger partial charge >= 0.3 is 0 Å². The lowest BCUT2D eigenvalue weighted by molar-refractivity contribution is 0.417. The molecule has 33 heavy (non-hydrogen) atoms. The molecule has 3 N–H and O–H groups in total. The number of azo groups is 1. The number of anilines is 1. The van der Waals surface area contributed by atoms with E-state index in [-0.39, 0.29) is 33.6 Å². The van der Waals surface area contributed by atoms with E-state index in [1.54, 1.807) is 0 Å². The predicted octanol–water partition coefficient (Wildman–Crippen LogP) is 3.13. The van der Waals surface area contributed by atoms with Crippen molar-refractivity contribution in [2.24, 2.45) is 10.2 Å². The normalized spacial score (nSPS) is 12.8. The molecular formula is C18H17N3O9S3. The summed E-state index contributed by atoms with van der Waals surface area (Å²) in [6.45, 7) is 0. The van der Waals surface area contributed by atoms with Crippen molar-refractivity contribution in [3.05, 3.63) is 48.5 Å². The Labute approximate surface area is 189 Å². The Bertz CT molecular complexity index is 1600. The number of hydrogen-bond donors (Lipinski definition) is 3. The highest BCUT2D eigenvalue weighted by atomic mass is 32.2. The molecule has 0 bridgehead atoms. The van der Waals surface area contributed by atoms with Crippen molar-refractivity contribution in [1.29, 1.82) is 0 Å². The highest BCUT2D eigenvalue weighted by Crippen LogP contribution is 2.35. The average molecular weight is 516 g/mol. The molecule has 0 spiro atoms. The fraction of sp³-hybridized carbons (Fsp3) is 0.111. The lowest BCUT2D eigenvalue weighted by Gasteiger charge is -2.10. The van der Waals surface area contributed by atoms with E-state index in [1.807, 2.05) is 0 Å². The van der Waals surface area contributed by atoms with Crippen LogP contribution in [0.2, 0.25) is 0 Å². The van der Waals surface area contributed by atoms with E-state index in [0.29, 0.717) is 0 Å². The molecular weight excluding hydrogens is 498 g/mol. The summed E-state index contributed by atoms with van der Waals surface area (Å²) in [4.78, 5) is -1.22. The SMILES string of the molecule is COc1cc(N=Nc2cc(S(=O)(=O)O)c3cccc(S(=O)(=O)O)c3c2)ccc1NS(C)(=O)=O. The second-order valence-corrected chi connectivity index (χ2v) is 11.2. The zero-order valence-electron chi connectivity index (χ0n) is 17.0. The largest absolute Gasteiger partial charge is 0.494 e. The van der Waals surface area contributed by atoms with E-state index >= 15 is 0 Å². The number of ether oxygens (including phenoxy) is 1. The third-order valence-corrected chi connectivity index (χ3v) is 6.62. The van der Waals surface area contributed by atoms with Gasteiger partial charge in [-0.15, -0.1) is 0 Å². The molecule has 176 valence electrons. The van der Waals surface area contributed by atoms with Crippen LogP contribution in [0, 0.1) is 0 Å². The summed E-state index contributed by atoms with van der Waals surface area (Å²) in [6.07, 6.45) is 0.966. The van der Waals surface area contributed by atoms with Crippen molar-refractivity contribution in [3.63, 3.8) is 0 Å². The summed E-state index contributed by atoms with van der Waals surface area (Å²) >= 11 is 0. The van der Waals surface area contributed by atoms with E-state index in [0.717, 1.165) is 18.4 Å². The molecule has 15 heteroatoms. The van der Waals surface area contributed by atoms with Crippen LogP contribution in [0.15, 0.2) is 68.6 Å². The van der Waals surface area contributed by atoms with E-state index in [4.69, 9.17) is 4.74 Å². The number of methoxy groups -OCH3 is 1. The lowest BCUT2D eigenvalue weighted by Crippen LogP contribution is -2.10. The van der Waals surface area contributed by atoms with Gasteiger partial charge in [-0.05, 0) is 30.3 Å². The van der Waals surface area contributed by atoms with Crippen LogP contribution in [-0.4, -0.2) is 47.7 Å². The number of nitrogens with one attached hydrogen (secondary N) is 1. The lowest BCUT2D eigenvalue weighted by atomic mass is 10.1. The minimum absolute atomic E-state index is 0.127. The Morgan fingerprint density at radius 1 is 0.788 bits per heavy atom. The topological polar surface area (TPSA) is 189 Å². The van der Waals surface area contributed by atoms with Gasteiger partial charge < -0.3 is 4.74 Å². The highest BCUT2D eigenvalue weighted by molar-refractivity contribution is 7.92. The van der Waals surface area contributed by atoms with Crippen LogP contribution in [0.1, 0.15) is 0 Å². The first kappa shape index (κ1) is 24.5. The third kappa shape index (κ3) is 5.82. The molecule has 3 aromatic carbocycles. The van der Waals surface area contributed by atoms with Crippen molar-refractivity contribution in [1.82, 2.24) is 0 Å². The monoisotopic (exact) mass is 515 g/mol. The Hall–Kier alpha value is -3.11. The van der Waals surface area contributed by atoms with Crippen LogP contribution >= 0.6 is 0 Å². The Morgan fingerprint density at radius 3 is 2.00 bits per heavy atom. The number of sulfonamides is 1. The molecule has 0 atom stereocenters. The number of hydrogen-bond acceptors (Lipinski definition) is 9. The van der Waals surface area contributed by atoms with Crippen LogP contribution in [0.5, 0.6) is 5.75 Å². The third-order valence-electron chi connectivity index (χ3n) is 4.22. The van der Waals surface area contributed by atoms with Gasteiger partial charge in [0.1, 0.15) is 15.5 Å². The molecule has 0 fully saturated rings. The van der Waals surface area contributed by atoms with Crippen LogP contribution in [0.25, 0.3) is 10.8 Å². The maximum Gasteiger partial charge on any atom is 0.295 e. The Kier molecular flexibility index (Phi) is 6.45. The number of rotatable bonds is 7. The van der Waals surface area contributed by atoms with Gasteiger partial charge in [0.25, 0.3) is 20.2 Å². The smallest absolute Gasteiger partial charge is 0.295 e. The van der Waals surface area contributed by atoms with Gasteiger partial charge in [0.2, 0.25) is 10.0 Å². The number of benzene rings is 3. The van der Waals surface area contributed by atoms with Crippen LogP contribution in [-0.2, 0) is 30.3 Å². The van der Waals surface area contributed by atoms with Gasteiger partial charge in [0.05, 0.1) is 30.4 Å². The zero-order valence-corrected chi connectivity index (χ0v) is 19.4. The quantitative estimate of drug-likeness (QED) is 0.313. The summed E-state index contributed by atoms with van der Waals surface area (Å²) in [5, 5.41) is 7.46. The maximum absolute atomic E-state index is 11.9.